The molecule has 7 heteroatoms. The van der Waals surface area contributed by atoms with Crippen LogP contribution in [-0.4, -0.2) is 12.0 Å². The maximum atomic E-state index is 13.0. The van der Waals surface area contributed by atoms with Gasteiger partial charge in [0.2, 0.25) is 0 Å². The predicted octanol–water partition coefficient (Wildman–Crippen LogP) is 4.78. The van der Waals surface area contributed by atoms with Crippen molar-refractivity contribution in [2.75, 3.05) is 0 Å². The average Bonchev–Trinajstić information content (AvgIpc) is 2.83. The normalized spacial score (nSPS) is 15.5. The molecule has 168 valence electrons. The molecule has 0 fully saturated rings. The van der Waals surface area contributed by atoms with E-state index in [0.29, 0.717) is 29.2 Å². The third kappa shape index (κ3) is 5.57. The molecule has 3 aromatic carbocycles. The van der Waals surface area contributed by atoms with Crippen LogP contribution in [-0.2, 0) is 22.7 Å². The molecule has 1 unspecified atom stereocenters. The fraction of sp³-hybridized carbons (Fsp3) is 0.154. The van der Waals surface area contributed by atoms with Crippen LogP contribution in [0.3, 0.4) is 0 Å². The van der Waals surface area contributed by atoms with Gasteiger partial charge in [0.15, 0.2) is 0 Å². The summed E-state index contributed by atoms with van der Waals surface area (Å²) in [6.07, 6.45) is 0. The van der Waals surface area contributed by atoms with E-state index in [0.717, 1.165) is 11.1 Å². The second-order valence-electron chi connectivity index (χ2n) is 7.62. The van der Waals surface area contributed by atoms with E-state index in [9.17, 15) is 14.0 Å². The second kappa shape index (κ2) is 9.99. The highest BCUT2D eigenvalue weighted by Crippen LogP contribution is 2.29. The highest BCUT2D eigenvalue weighted by Gasteiger charge is 2.32. The smallest absolute Gasteiger partial charge is 0.338 e. The van der Waals surface area contributed by atoms with Gasteiger partial charge in [0.05, 0.1) is 11.6 Å². The number of hydrogen-bond donors (Lipinski definition) is 2. The number of urea groups is 1. The van der Waals surface area contributed by atoms with E-state index in [1.807, 2.05) is 30.3 Å². The zero-order valence-electron chi connectivity index (χ0n) is 18.0. The third-order valence-electron chi connectivity index (χ3n) is 5.23. The monoisotopic (exact) mass is 446 g/mol. The van der Waals surface area contributed by atoms with Crippen molar-refractivity contribution in [1.82, 2.24) is 10.6 Å². The van der Waals surface area contributed by atoms with Gasteiger partial charge in [-0.2, -0.15) is 0 Å². The molecule has 0 aromatic heterocycles. The van der Waals surface area contributed by atoms with Crippen molar-refractivity contribution in [3.05, 3.63) is 113 Å². The number of carbonyl (C=O) groups excluding carboxylic acids is 2. The van der Waals surface area contributed by atoms with Gasteiger partial charge in [0, 0.05) is 5.70 Å². The van der Waals surface area contributed by atoms with Gasteiger partial charge in [-0.05, 0) is 47.9 Å². The Morgan fingerprint density at radius 2 is 1.58 bits per heavy atom. The zero-order chi connectivity index (χ0) is 23.2. The van der Waals surface area contributed by atoms with Crippen molar-refractivity contribution >= 4 is 12.0 Å². The van der Waals surface area contributed by atoms with Crippen LogP contribution in [0.5, 0.6) is 5.75 Å². The van der Waals surface area contributed by atoms with Crippen LogP contribution in [0.2, 0.25) is 0 Å². The van der Waals surface area contributed by atoms with Gasteiger partial charge < -0.3 is 20.1 Å². The minimum absolute atomic E-state index is 0.132. The van der Waals surface area contributed by atoms with E-state index in [2.05, 4.69) is 10.6 Å². The Kier molecular flexibility index (Phi) is 6.69. The standard InChI is InChI=1S/C26H23FN2O4/c1-17-23(25(30)33-16-18-5-3-2-4-6-18)24(29-26(31)28-17)20-9-13-22(14-10-20)32-15-19-7-11-21(27)12-8-19/h2-14,24H,15-16H2,1H3,(H2,28,29,31). The van der Waals surface area contributed by atoms with Crippen molar-refractivity contribution in [1.29, 1.82) is 0 Å². The molecule has 3 aromatic rings. The molecule has 0 saturated heterocycles. The molecule has 0 bridgehead atoms. The van der Waals surface area contributed by atoms with Gasteiger partial charge >= 0.3 is 12.0 Å². The maximum Gasteiger partial charge on any atom is 0.338 e. The Balaban J connectivity index is 1.46. The molecule has 0 saturated carbocycles. The van der Waals surface area contributed by atoms with Crippen molar-refractivity contribution < 1.29 is 23.5 Å². The SMILES string of the molecule is CC1=C(C(=O)OCc2ccccc2)C(c2ccc(OCc3ccc(F)cc3)cc2)NC(=O)N1. The summed E-state index contributed by atoms with van der Waals surface area (Å²) in [6, 6.07) is 21.5. The van der Waals surface area contributed by atoms with E-state index in [4.69, 9.17) is 9.47 Å². The van der Waals surface area contributed by atoms with Crippen LogP contribution in [0.15, 0.2) is 90.1 Å². The summed E-state index contributed by atoms with van der Waals surface area (Å²) in [6.45, 7) is 2.10. The zero-order valence-corrected chi connectivity index (χ0v) is 18.0. The van der Waals surface area contributed by atoms with Crippen LogP contribution < -0.4 is 15.4 Å². The molecule has 4 rings (SSSR count). The number of allylic oxidation sites excluding steroid dienone is 1. The minimum Gasteiger partial charge on any atom is -0.489 e. The van der Waals surface area contributed by atoms with Crippen LogP contribution in [0, 0.1) is 5.82 Å². The number of esters is 1. The fourth-order valence-electron chi connectivity index (χ4n) is 3.52. The summed E-state index contributed by atoms with van der Waals surface area (Å²) >= 11 is 0. The molecule has 33 heavy (non-hydrogen) atoms. The molecule has 1 aliphatic rings. The Hall–Kier alpha value is -4.13. The van der Waals surface area contributed by atoms with E-state index in [1.54, 1.807) is 43.3 Å². The van der Waals surface area contributed by atoms with Gasteiger partial charge in [-0.1, -0.05) is 54.6 Å². The van der Waals surface area contributed by atoms with Gasteiger partial charge in [0.25, 0.3) is 0 Å². The van der Waals surface area contributed by atoms with Gasteiger partial charge in [-0.15, -0.1) is 0 Å². The van der Waals surface area contributed by atoms with E-state index in [-0.39, 0.29) is 12.4 Å². The molecule has 1 heterocycles. The lowest BCUT2D eigenvalue weighted by Gasteiger charge is -2.28. The summed E-state index contributed by atoms with van der Waals surface area (Å²) < 4.78 is 24.3. The molecule has 6 nitrogen and oxygen atoms in total. The lowest BCUT2D eigenvalue weighted by molar-refractivity contribution is -0.140. The summed E-state index contributed by atoms with van der Waals surface area (Å²) in [4.78, 5) is 25.0. The summed E-state index contributed by atoms with van der Waals surface area (Å²) in [5.74, 6) is -0.198. The van der Waals surface area contributed by atoms with E-state index < -0.39 is 18.0 Å². The molecular weight excluding hydrogens is 423 g/mol. The largest absolute Gasteiger partial charge is 0.489 e. The highest BCUT2D eigenvalue weighted by atomic mass is 19.1. The molecule has 0 spiro atoms. The summed E-state index contributed by atoms with van der Waals surface area (Å²) in [5, 5.41) is 5.43. The Morgan fingerprint density at radius 3 is 2.27 bits per heavy atom. The lowest BCUT2D eigenvalue weighted by Crippen LogP contribution is -2.45. The van der Waals surface area contributed by atoms with Gasteiger partial charge in [-0.25, -0.2) is 14.0 Å². The highest BCUT2D eigenvalue weighted by molar-refractivity contribution is 5.95. The van der Waals surface area contributed by atoms with Gasteiger partial charge in [0.1, 0.15) is 24.8 Å². The van der Waals surface area contributed by atoms with Crippen molar-refractivity contribution in [3.63, 3.8) is 0 Å². The van der Waals surface area contributed by atoms with Crippen LogP contribution in [0.25, 0.3) is 0 Å². The van der Waals surface area contributed by atoms with Gasteiger partial charge in [-0.3, -0.25) is 0 Å². The molecule has 0 radical (unpaired) electrons. The average molecular weight is 446 g/mol. The number of hydrogen-bond acceptors (Lipinski definition) is 4. The molecule has 1 atom stereocenters. The molecule has 2 amide bonds. The maximum absolute atomic E-state index is 13.0. The first-order valence-electron chi connectivity index (χ1n) is 10.5. The fourth-order valence-corrected chi connectivity index (χ4v) is 3.52. The molecule has 1 aliphatic heterocycles. The number of nitrogens with one attached hydrogen (secondary N) is 2. The van der Waals surface area contributed by atoms with E-state index in [1.165, 1.54) is 12.1 Å². The first-order chi connectivity index (χ1) is 16.0. The lowest BCUT2D eigenvalue weighted by atomic mass is 9.95. The summed E-state index contributed by atoms with van der Waals surface area (Å²) in [5.41, 5.74) is 3.21. The van der Waals surface area contributed by atoms with Crippen molar-refractivity contribution in [2.45, 2.75) is 26.2 Å². The van der Waals surface area contributed by atoms with Crippen molar-refractivity contribution in [3.8, 4) is 5.75 Å². The Morgan fingerprint density at radius 1 is 0.909 bits per heavy atom. The number of carbonyl (C=O) groups is 2. The Bertz CT molecular complexity index is 1160. The molecule has 0 aliphatic carbocycles. The Labute approximate surface area is 191 Å². The van der Waals surface area contributed by atoms with Crippen LogP contribution in [0.4, 0.5) is 9.18 Å². The van der Waals surface area contributed by atoms with Crippen LogP contribution in [0.1, 0.15) is 29.7 Å². The first-order valence-corrected chi connectivity index (χ1v) is 10.5. The summed E-state index contributed by atoms with van der Waals surface area (Å²) in [7, 11) is 0. The van der Waals surface area contributed by atoms with Crippen LogP contribution >= 0.6 is 0 Å². The quantitative estimate of drug-likeness (QED) is 0.513. The number of ether oxygens (including phenoxy) is 2. The molecule has 2 N–H and O–H groups in total. The van der Waals surface area contributed by atoms with Crippen molar-refractivity contribution in [2.24, 2.45) is 0 Å². The number of rotatable bonds is 7. The number of amides is 2. The van der Waals surface area contributed by atoms with E-state index >= 15 is 0 Å². The number of benzene rings is 3. The predicted molar refractivity (Wildman–Crippen MR) is 121 cm³/mol. The first kappa shape index (κ1) is 22.1. The minimum atomic E-state index is -0.659. The molecular formula is C26H23FN2O4. The second-order valence-corrected chi connectivity index (χ2v) is 7.62. The third-order valence-corrected chi connectivity index (χ3v) is 5.23. The number of halogens is 1. The topological polar surface area (TPSA) is 76.7 Å².